The number of phosphoric acid groups is 1. The Balaban J connectivity index is -0.0000000602. The Morgan fingerprint density at radius 2 is 1.29 bits per heavy atom. The van der Waals surface area contributed by atoms with Crippen LogP contribution in [0.3, 0.4) is 0 Å². The van der Waals surface area contributed by atoms with Crippen LogP contribution < -0.4 is 123 Å². The van der Waals surface area contributed by atoms with Crippen molar-refractivity contribution in [3.63, 3.8) is 0 Å². The van der Waals surface area contributed by atoms with Crippen molar-refractivity contribution < 1.29 is 143 Å². The van der Waals surface area contributed by atoms with E-state index in [4.69, 9.17) is 14.3 Å². The first-order valence-electron chi connectivity index (χ1n) is 5.60. The summed E-state index contributed by atoms with van der Waals surface area (Å²) in [6.45, 7) is 7.86. The Bertz CT molecular complexity index is 438. The van der Waals surface area contributed by atoms with E-state index < -0.39 is 7.82 Å². The predicted molar refractivity (Wildman–Crippen MR) is 71.7 cm³/mol. The van der Waals surface area contributed by atoms with Gasteiger partial charge in [0.25, 0.3) is 0 Å². The molecule has 0 saturated carbocycles. The minimum atomic E-state index is -4.52. The summed E-state index contributed by atoms with van der Waals surface area (Å²) in [4.78, 5) is 17.9. The first kappa shape index (κ1) is 31.9. The van der Waals surface area contributed by atoms with Crippen LogP contribution in [0, 0.1) is 0 Å². The Labute approximate surface area is 221 Å². The van der Waals surface area contributed by atoms with E-state index in [1.165, 1.54) is 0 Å². The molecule has 0 aliphatic heterocycles. The Hall–Kier alpha value is 3.17. The van der Waals surface area contributed by atoms with Gasteiger partial charge in [-0.3, -0.25) is 9.79 Å². The molecule has 0 fully saturated rings. The van der Waals surface area contributed by atoms with Crippen molar-refractivity contribution in [2.45, 2.75) is 39.5 Å². The zero-order chi connectivity index (χ0) is 13.2. The zero-order valence-corrected chi connectivity index (χ0v) is 23.4. The molecule has 0 aromatic heterocycles. The van der Waals surface area contributed by atoms with Crippen molar-refractivity contribution in [2.75, 3.05) is 0 Å². The number of benzene rings is 1. The molecular formula is C12H23Na4O4P. The molecule has 0 atom stereocenters. The van der Waals surface area contributed by atoms with Gasteiger partial charge in [0.1, 0.15) is 5.75 Å². The van der Waals surface area contributed by atoms with Crippen LogP contribution in [0.2, 0.25) is 0 Å². The van der Waals surface area contributed by atoms with Gasteiger partial charge in [-0.25, -0.2) is 4.57 Å². The third-order valence-electron chi connectivity index (χ3n) is 2.53. The molecule has 0 spiro atoms. The molecule has 104 valence electrons. The SMILES string of the molecule is CC(C)c1cccc(C(C)C)c1OP(=O)(O)O.[H-].[H-].[H-].[H-].[Na+].[Na+].[Na+].[Na+]. The minimum absolute atomic E-state index is 0. The standard InChI is InChI=1S/C12H19O4P.4Na.4H/c1-8(2)10-6-5-7-11(9(3)4)12(10)16-17(13,14)15;;;;;;;;/h5-9H,1-4H3,(H2,13,14,15);;;;;;;;/q;4*+1;4*-1. The Morgan fingerprint density at radius 3 is 1.52 bits per heavy atom. The van der Waals surface area contributed by atoms with Crippen molar-refractivity contribution in [1.82, 2.24) is 0 Å². The van der Waals surface area contributed by atoms with Gasteiger partial charge >= 0.3 is 126 Å². The monoisotopic (exact) mass is 354 g/mol. The van der Waals surface area contributed by atoms with Crippen LogP contribution in [0.25, 0.3) is 0 Å². The van der Waals surface area contributed by atoms with Crippen molar-refractivity contribution in [3.05, 3.63) is 29.3 Å². The van der Waals surface area contributed by atoms with Gasteiger partial charge in [-0.15, -0.1) is 0 Å². The van der Waals surface area contributed by atoms with E-state index in [1.54, 1.807) is 0 Å². The molecular weight excluding hydrogens is 331 g/mol. The molecule has 1 rings (SSSR count). The second-order valence-electron chi connectivity index (χ2n) is 4.66. The maximum Gasteiger partial charge on any atom is 1.00 e. The average Bonchev–Trinajstić information content (AvgIpc) is 2.14. The molecule has 1 aromatic carbocycles. The van der Waals surface area contributed by atoms with Gasteiger partial charge in [0.2, 0.25) is 0 Å². The average molecular weight is 354 g/mol. The normalized spacial score (nSPS) is 9.90. The van der Waals surface area contributed by atoms with E-state index in [1.807, 2.05) is 45.9 Å². The fraction of sp³-hybridized carbons (Fsp3) is 0.500. The number of hydrogen-bond acceptors (Lipinski definition) is 2. The maximum absolute atomic E-state index is 11.0. The number of para-hydroxylation sites is 1. The maximum atomic E-state index is 11.0. The van der Waals surface area contributed by atoms with Gasteiger partial charge in [-0.1, -0.05) is 45.9 Å². The van der Waals surface area contributed by atoms with Crippen LogP contribution in [0.15, 0.2) is 18.2 Å². The summed E-state index contributed by atoms with van der Waals surface area (Å²) in [5.74, 6) is 0.622. The first-order valence-corrected chi connectivity index (χ1v) is 7.13. The number of rotatable bonds is 4. The summed E-state index contributed by atoms with van der Waals surface area (Å²) in [5, 5.41) is 0. The van der Waals surface area contributed by atoms with Crippen molar-refractivity contribution in [1.29, 1.82) is 0 Å². The van der Waals surface area contributed by atoms with Gasteiger partial charge in [0.05, 0.1) is 0 Å². The molecule has 0 aliphatic carbocycles. The molecule has 21 heavy (non-hydrogen) atoms. The van der Waals surface area contributed by atoms with Gasteiger partial charge < -0.3 is 10.2 Å². The topological polar surface area (TPSA) is 66.8 Å². The zero-order valence-electron chi connectivity index (χ0n) is 18.5. The number of hydrogen-bond donors (Lipinski definition) is 2. The van der Waals surface area contributed by atoms with E-state index in [0.717, 1.165) is 11.1 Å². The molecule has 0 aliphatic rings. The van der Waals surface area contributed by atoms with E-state index >= 15 is 0 Å². The van der Waals surface area contributed by atoms with Crippen LogP contribution in [0.1, 0.15) is 56.4 Å². The van der Waals surface area contributed by atoms with E-state index in [9.17, 15) is 4.57 Å². The quantitative estimate of drug-likeness (QED) is 0.417. The van der Waals surface area contributed by atoms with Gasteiger partial charge in [-0.05, 0) is 23.0 Å². The molecule has 1 aromatic rings. The fourth-order valence-electron chi connectivity index (χ4n) is 1.71. The van der Waals surface area contributed by atoms with Crippen molar-refractivity contribution >= 4 is 7.82 Å². The van der Waals surface area contributed by atoms with Gasteiger partial charge in [0, 0.05) is 0 Å². The summed E-state index contributed by atoms with van der Waals surface area (Å²) >= 11 is 0. The van der Waals surface area contributed by atoms with Gasteiger partial charge in [0.15, 0.2) is 0 Å². The molecule has 0 amide bonds. The predicted octanol–water partition coefficient (Wildman–Crippen LogP) is -8.13. The van der Waals surface area contributed by atoms with E-state index in [2.05, 4.69) is 0 Å². The fourth-order valence-corrected chi connectivity index (χ4v) is 2.16. The van der Waals surface area contributed by atoms with E-state index in [0.29, 0.717) is 5.75 Å². The molecule has 0 bridgehead atoms. The summed E-state index contributed by atoms with van der Waals surface area (Å²) in [7, 11) is -4.52. The van der Waals surface area contributed by atoms with Crippen LogP contribution in [-0.4, -0.2) is 9.79 Å². The molecule has 0 heterocycles. The molecule has 4 nitrogen and oxygen atoms in total. The molecule has 0 saturated heterocycles. The van der Waals surface area contributed by atoms with Crippen LogP contribution in [0.5, 0.6) is 5.75 Å². The first-order chi connectivity index (χ1) is 7.72. The third kappa shape index (κ3) is 11.4. The summed E-state index contributed by atoms with van der Waals surface area (Å²) < 4.78 is 15.9. The molecule has 0 radical (unpaired) electrons. The summed E-state index contributed by atoms with van der Waals surface area (Å²) in [6, 6.07) is 5.56. The number of phosphoric ester groups is 1. The Kier molecular flexibility index (Phi) is 21.8. The summed E-state index contributed by atoms with van der Waals surface area (Å²) in [6.07, 6.45) is 0. The molecule has 2 N–H and O–H groups in total. The van der Waals surface area contributed by atoms with Crippen LogP contribution in [0.4, 0.5) is 0 Å². The summed E-state index contributed by atoms with van der Waals surface area (Å²) in [5.41, 5.74) is 1.64. The second-order valence-corrected chi connectivity index (χ2v) is 5.82. The van der Waals surface area contributed by atoms with Crippen LogP contribution in [-0.2, 0) is 4.57 Å². The smallest absolute Gasteiger partial charge is 1.00 e. The van der Waals surface area contributed by atoms with Crippen LogP contribution >= 0.6 is 7.82 Å². The third-order valence-corrected chi connectivity index (χ3v) is 2.95. The molecule has 0 unspecified atom stereocenters. The van der Waals surface area contributed by atoms with Crippen molar-refractivity contribution in [3.8, 4) is 5.75 Å². The van der Waals surface area contributed by atoms with Gasteiger partial charge in [-0.2, -0.15) is 0 Å². The Morgan fingerprint density at radius 1 is 0.952 bits per heavy atom. The molecule has 9 heteroatoms. The second kappa shape index (κ2) is 14.4. The minimum Gasteiger partial charge on any atom is -1.00 e. The van der Waals surface area contributed by atoms with Crippen molar-refractivity contribution in [2.24, 2.45) is 0 Å². The van der Waals surface area contributed by atoms with E-state index in [-0.39, 0.29) is 136 Å². The largest absolute Gasteiger partial charge is 1.00 e.